The topological polar surface area (TPSA) is 59.8 Å². The molecule has 146 valence electrons. The van der Waals surface area contributed by atoms with Gasteiger partial charge in [-0.1, -0.05) is 58.7 Å². The number of aromatic nitrogens is 3. The van der Waals surface area contributed by atoms with Crippen LogP contribution in [0.5, 0.6) is 0 Å². The summed E-state index contributed by atoms with van der Waals surface area (Å²) in [6, 6.07) is 12.7. The van der Waals surface area contributed by atoms with Gasteiger partial charge in [-0.3, -0.25) is 4.79 Å². The van der Waals surface area contributed by atoms with Gasteiger partial charge < -0.3 is 9.88 Å². The molecule has 1 heterocycles. The second kappa shape index (κ2) is 8.99. The Morgan fingerprint density at radius 3 is 2.54 bits per heavy atom. The molecule has 1 N–H and O–H groups in total. The predicted octanol–water partition coefficient (Wildman–Crippen LogP) is 5.21. The minimum absolute atomic E-state index is 0.138. The Bertz CT molecular complexity index is 988. The first-order chi connectivity index (χ1) is 13.3. The lowest BCUT2D eigenvalue weighted by atomic mass is 10.1. The van der Waals surface area contributed by atoms with E-state index in [9.17, 15) is 4.79 Å². The molecule has 1 atom stereocenters. The molecule has 1 unspecified atom stereocenters. The summed E-state index contributed by atoms with van der Waals surface area (Å²) in [4.78, 5) is 12.4. The molecule has 0 spiro atoms. The van der Waals surface area contributed by atoms with Crippen molar-refractivity contribution < 1.29 is 4.79 Å². The number of benzene rings is 2. The number of aryl methyl sites for hydroxylation is 1. The van der Waals surface area contributed by atoms with Gasteiger partial charge in [-0.2, -0.15) is 0 Å². The van der Waals surface area contributed by atoms with Crippen LogP contribution in [0.4, 0.5) is 0 Å². The Morgan fingerprint density at radius 1 is 1.14 bits per heavy atom. The van der Waals surface area contributed by atoms with Crippen molar-refractivity contribution >= 4 is 40.9 Å². The molecular formula is C20H20Cl2N4OS. The van der Waals surface area contributed by atoms with E-state index < -0.39 is 0 Å². The second-order valence-electron chi connectivity index (χ2n) is 6.50. The van der Waals surface area contributed by atoms with Gasteiger partial charge in [0.1, 0.15) is 0 Å². The molecule has 0 aliphatic heterocycles. The van der Waals surface area contributed by atoms with Gasteiger partial charge in [-0.15, -0.1) is 10.2 Å². The summed E-state index contributed by atoms with van der Waals surface area (Å²) in [7, 11) is 1.89. The third-order valence-corrected chi connectivity index (χ3v) is 6.10. The first-order valence-electron chi connectivity index (χ1n) is 8.68. The summed E-state index contributed by atoms with van der Waals surface area (Å²) in [5.74, 6) is 1.24. The van der Waals surface area contributed by atoms with E-state index in [-0.39, 0.29) is 11.9 Å². The molecule has 1 amide bonds. The molecular weight excluding hydrogens is 415 g/mol. The Hall–Kier alpha value is -2.02. The SMILES string of the molecule is Cc1ccc(C(=O)NC(C)c2nnc(SCc3ccc(Cl)c(Cl)c3)n2C)cc1. The van der Waals surface area contributed by atoms with Crippen molar-refractivity contribution in [2.24, 2.45) is 7.05 Å². The maximum atomic E-state index is 12.4. The van der Waals surface area contributed by atoms with Gasteiger partial charge in [0.15, 0.2) is 11.0 Å². The van der Waals surface area contributed by atoms with Crippen LogP contribution >= 0.6 is 35.0 Å². The number of nitrogens with zero attached hydrogens (tertiary/aromatic N) is 3. The van der Waals surface area contributed by atoms with E-state index >= 15 is 0 Å². The highest BCUT2D eigenvalue weighted by Crippen LogP contribution is 2.27. The molecule has 2 aromatic carbocycles. The van der Waals surface area contributed by atoms with Crippen molar-refractivity contribution in [1.29, 1.82) is 0 Å². The standard InChI is InChI=1S/C20H20Cl2N4OS/c1-12-4-7-15(8-5-12)19(27)23-13(2)18-24-25-20(26(18)3)28-11-14-6-9-16(21)17(22)10-14/h4-10,13H,11H2,1-3H3,(H,23,27). The molecule has 0 saturated carbocycles. The van der Waals surface area contributed by atoms with Crippen LogP contribution in [0.3, 0.4) is 0 Å². The van der Waals surface area contributed by atoms with Crippen LogP contribution in [0, 0.1) is 6.92 Å². The summed E-state index contributed by atoms with van der Waals surface area (Å²) >= 11 is 13.6. The van der Waals surface area contributed by atoms with Gasteiger partial charge >= 0.3 is 0 Å². The summed E-state index contributed by atoms with van der Waals surface area (Å²) in [5.41, 5.74) is 2.78. The van der Waals surface area contributed by atoms with Crippen LogP contribution in [-0.4, -0.2) is 20.7 Å². The zero-order chi connectivity index (χ0) is 20.3. The lowest BCUT2D eigenvalue weighted by Gasteiger charge is -2.14. The molecule has 28 heavy (non-hydrogen) atoms. The van der Waals surface area contributed by atoms with E-state index in [1.807, 2.05) is 61.9 Å². The van der Waals surface area contributed by atoms with Gasteiger partial charge in [0, 0.05) is 18.4 Å². The van der Waals surface area contributed by atoms with E-state index in [1.54, 1.807) is 17.8 Å². The van der Waals surface area contributed by atoms with Crippen LogP contribution in [0.15, 0.2) is 47.6 Å². The average Bonchev–Trinajstić information content (AvgIpc) is 3.04. The van der Waals surface area contributed by atoms with Crippen LogP contribution in [0.25, 0.3) is 0 Å². The smallest absolute Gasteiger partial charge is 0.251 e. The van der Waals surface area contributed by atoms with Crippen molar-refractivity contribution in [1.82, 2.24) is 20.1 Å². The quantitative estimate of drug-likeness (QED) is 0.540. The van der Waals surface area contributed by atoms with Crippen molar-refractivity contribution in [2.75, 3.05) is 0 Å². The van der Waals surface area contributed by atoms with E-state index in [2.05, 4.69) is 15.5 Å². The Kier molecular flexibility index (Phi) is 6.65. The molecule has 0 aliphatic rings. The summed E-state index contributed by atoms with van der Waals surface area (Å²) in [5, 5.41) is 13.3. The Balaban J connectivity index is 1.65. The minimum Gasteiger partial charge on any atom is -0.342 e. The Labute approximate surface area is 178 Å². The lowest BCUT2D eigenvalue weighted by Crippen LogP contribution is -2.28. The van der Waals surface area contributed by atoms with Crippen molar-refractivity contribution in [3.8, 4) is 0 Å². The molecule has 8 heteroatoms. The molecule has 0 saturated heterocycles. The molecule has 3 aromatic rings. The molecule has 0 bridgehead atoms. The first-order valence-corrected chi connectivity index (χ1v) is 10.4. The highest BCUT2D eigenvalue weighted by molar-refractivity contribution is 7.98. The van der Waals surface area contributed by atoms with Crippen molar-refractivity contribution in [3.05, 3.63) is 75.0 Å². The number of thioether (sulfide) groups is 1. The van der Waals surface area contributed by atoms with E-state index in [0.717, 1.165) is 16.3 Å². The number of rotatable bonds is 6. The number of halogens is 2. The maximum absolute atomic E-state index is 12.4. The molecule has 3 rings (SSSR count). The number of nitrogens with one attached hydrogen (secondary N) is 1. The zero-order valence-electron chi connectivity index (χ0n) is 15.7. The van der Waals surface area contributed by atoms with Gasteiger partial charge in [-0.05, 0) is 43.7 Å². The van der Waals surface area contributed by atoms with Crippen LogP contribution in [0.2, 0.25) is 10.0 Å². The Morgan fingerprint density at radius 2 is 1.86 bits per heavy atom. The fraction of sp³-hybridized carbons (Fsp3) is 0.250. The molecule has 0 fully saturated rings. The van der Waals surface area contributed by atoms with E-state index in [4.69, 9.17) is 23.2 Å². The predicted molar refractivity (Wildman–Crippen MR) is 114 cm³/mol. The van der Waals surface area contributed by atoms with Crippen molar-refractivity contribution in [3.63, 3.8) is 0 Å². The summed E-state index contributed by atoms with van der Waals surface area (Å²) in [6.07, 6.45) is 0. The van der Waals surface area contributed by atoms with Crippen LogP contribution < -0.4 is 5.32 Å². The number of carbonyl (C=O) groups excluding carboxylic acids is 1. The van der Waals surface area contributed by atoms with Crippen molar-refractivity contribution in [2.45, 2.75) is 30.8 Å². The second-order valence-corrected chi connectivity index (χ2v) is 8.26. The zero-order valence-corrected chi connectivity index (χ0v) is 18.1. The fourth-order valence-corrected chi connectivity index (χ4v) is 3.84. The number of carbonyl (C=O) groups is 1. The highest BCUT2D eigenvalue weighted by atomic mass is 35.5. The van der Waals surface area contributed by atoms with Gasteiger partial charge in [0.2, 0.25) is 0 Å². The van der Waals surface area contributed by atoms with Gasteiger partial charge in [-0.25, -0.2) is 0 Å². The van der Waals surface area contributed by atoms with Gasteiger partial charge in [0.25, 0.3) is 5.91 Å². The third kappa shape index (κ3) is 4.87. The van der Waals surface area contributed by atoms with Gasteiger partial charge in [0.05, 0.1) is 16.1 Å². The number of hydrogen-bond acceptors (Lipinski definition) is 4. The third-order valence-electron chi connectivity index (χ3n) is 4.27. The number of amides is 1. The monoisotopic (exact) mass is 434 g/mol. The van der Waals surface area contributed by atoms with Crippen LogP contribution in [0.1, 0.15) is 40.3 Å². The maximum Gasteiger partial charge on any atom is 0.251 e. The van der Waals surface area contributed by atoms with E-state index in [1.165, 1.54) is 0 Å². The lowest BCUT2D eigenvalue weighted by molar-refractivity contribution is 0.0937. The average molecular weight is 435 g/mol. The number of hydrogen-bond donors (Lipinski definition) is 1. The normalized spacial score (nSPS) is 12.0. The molecule has 0 aliphatic carbocycles. The minimum atomic E-state index is -0.273. The summed E-state index contributed by atoms with van der Waals surface area (Å²) < 4.78 is 1.89. The van der Waals surface area contributed by atoms with E-state index in [0.29, 0.717) is 27.2 Å². The largest absolute Gasteiger partial charge is 0.342 e. The fourth-order valence-electron chi connectivity index (χ4n) is 2.66. The highest BCUT2D eigenvalue weighted by Gasteiger charge is 2.18. The summed E-state index contributed by atoms with van der Waals surface area (Å²) in [6.45, 7) is 3.88. The van der Waals surface area contributed by atoms with Crippen LogP contribution in [-0.2, 0) is 12.8 Å². The molecule has 5 nitrogen and oxygen atoms in total. The molecule has 0 radical (unpaired) electrons. The molecule has 1 aromatic heterocycles. The first kappa shape index (κ1) is 20.7.